The molecular weight excluding hydrogens is 272 g/mol. The normalized spacial score (nSPS) is 15.7. The maximum absolute atomic E-state index is 12.4. The van der Waals surface area contributed by atoms with Crippen molar-refractivity contribution < 1.29 is 4.79 Å². The number of amides is 1. The van der Waals surface area contributed by atoms with E-state index in [-0.39, 0.29) is 5.91 Å². The summed E-state index contributed by atoms with van der Waals surface area (Å²) in [7, 11) is 1.89. The molecule has 1 saturated heterocycles. The van der Waals surface area contributed by atoms with Gasteiger partial charge in [-0.05, 0) is 68.8 Å². The van der Waals surface area contributed by atoms with Gasteiger partial charge >= 0.3 is 0 Å². The second-order valence-corrected chi connectivity index (χ2v) is 6.45. The molecule has 1 aliphatic heterocycles. The van der Waals surface area contributed by atoms with Gasteiger partial charge in [0.15, 0.2) is 0 Å². The van der Waals surface area contributed by atoms with Gasteiger partial charge in [0.25, 0.3) is 0 Å². The van der Waals surface area contributed by atoms with Crippen molar-refractivity contribution >= 4 is 11.6 Å². The molecule has 1 amide bonds. The molecule has 1 fully saturated rings. The second-order valence-electron chi connectivity index (χ2n) is 6.45. The van der Waals surface area contributed by atoms with Crippen LogP contribution < -0.4 is 10.2 Å². The zero-order chi connectivity index (χ0) is 15.8. The summed E-state index contributed by atoms with van der Waals surface area (Å²) in [5.41, 5.74) is 2.37. The van der Waals surface area contributed by atoms with Crippen LogP contribution in [-0.2, 0) is 11.2 Å². The zero-order valence-electron chi connectivity index (χ0n) is 14.1. The fourth-order valence-electron chi connectivity index (χ4n) is 3.08. The molecule has 0 spiro atoms. The maximum Gasteiger partial charge on any atom is 0.226 e. The highest BCUT2D eigenvalue weighted by atomic mass is 16.2. The first-order valence-electron chi connectivity index (χ1n) is 8.77. The molecule has 0 saturated carbocycles. The third kappa shape index (κ3) is 5.13. The summed E-state index contributed by atoms with van der Waals surface area (Å²) in [6.45, 7) is 4.42. The van der Waals surface area contributed by atoms with Crippen LogP contribution in [-0.4, -0.2) is 26.0 Å². The van der Waals surface area contributed by atoms with Crippen molar-refractivity contribution in [3.63, 3.8) is 0 Å². The van der Waals surface area contributed by atoms with Crippen LogP contribution in [0.25, 0.3) is 0 Å². The Bertz CT molecular complexity index is 449. The van der Waals surface area contributed by atoms with Gasteiger partial charge in [0.1, 0.15) is 0 Å². The third-order valence-electron chi connectivity index (χ3n) is 4.74. The minimum atomic E-state index is 0.236. The Morgan fingerprint density at radius 2 is 1.91 bits per heavy atom. The van der Waals surface area contributed by atoms with Crippen molar-refractivity contribution in [2.75, 3.05) is 25.0 Å². The molecule has 1 aromatic rings. The summed E-state index contributed by atoms with van der Waals surface area (Å²) in [6.07, 6.45) is 7.69. The molecule has 1 aliphatic rings. The van der Waals surface area contributed by atoms with Gasteiger partial charge < -0.3 is 10.2 Å². The lowest BCUT2D eigenvalue weighted by atomic mass is 9.93. The molecule has 0 atom stereocenters. The number of benzene rings is 1. The van der Waals surface area contributed by atoms with E-state index in [4.69, 9.17) is 0 Å². The quantitative estimate of drug-likeness (QED) is 0.831. The Kier molecular flexibility index (Phi) is 6.91. The number of hydrogen-bond acceptors (Lipinski definition) is 2. The molecule has 0 aromatic heterocycles. The number of anilines is 1. The molecule has 0 aliphatic carbocycles. The molecule has 2 rings (SSSR count). The van der Waals surface area contributed by atoms with Gasteiger partial charge in [-0.1, -0.05) is 25.5 Å². The summed E-state index contributed by atoms with van der Waals surface area (Å²) in [5.74, 6) is 0.954. The zero-order valence-corrected chi connectivity index (χ0v) is 14.1. The minimum Gasteiger partial charge on any atom is -0.317 e. The second kappa shape index (κ2) is 8.94. The van der Waals surface area contributed by atoms with Crippen LogP contribution in [0.4, 0.5) is 5.69 Å². The topological polar surface area (TPSA) is 32.3 Å². The average molecular weight is 302 g/mol. The van der Waals surface area contributed by atoms with Gasteiger partial charge in [0.05, 0.1) is 0 Å². The maximum atomic E-state index is 12.4. The standard InChI is InChI=1S/C19H30N2O/c1-3-4-5-16-6-9-18(10-7-16)21(2)19(22)11-8-17-12-14-20-15-13-17/h6-7,9-10,17,20H,3-5,8,11-15H2,1-2H3. The van der Waals surface area contributed by atoms with Crippen molar-refractivity contribution in [2.45, 2.75) is 51.9 Å². The number of unbranched alkanes of at least 4 members (excludes halogenated alkanes) is 1. The van der Waals surface area contributed by atoms with Gasteiger partial charge in [0, 0.05) is 19.2 Å². The Labute approximate surface area is 135 Å². The molecule has 3 heteroatoms. The number of nitrogens with zero attached hydrogens (tertiary/aromatic N) is 1. The predicted molar refractivity (Wildman–Crippen MR) is 93.3 cm³/mol. The highest BCUT2D eigenvalue weighted by Crippen LogP contribution is 2.20. The Hall–Kier alpha value is -1.35. The number of nitrogens with one attached hydrogen (secondary N) is 1. The van der Waals surface area contributed by atoms with E-state index in [0.717, 1.165) is 37.5 Å². The molecule has 0 radical (unpaired) electrons. The van der Waals surface area contributed by atoms with Crippen molar-refractivity contribution in [3.05, 3.63) is 29.8 Å². The number of aryl methyl sites for hydroxylation is 1. The molecule has 22 heavy (non-hydrogen) atoms. The molecule has 122 valence electrons. The molecule has 0 unspecified atom stereocenters. The van der Waals surface area contributed by atoms with Gasteiger partial charge in [-0.15, -0.1) is 0 Å². The summed E-state index contributed by atoms with van der Waals surface area (Å²) in [4.78, 5) is 14.2. The monoisotopic (exact) mass is 302 g/mol. The SMILES string of the molecule is CCCCc1ccc(N(C)C(=O)CCC2CCNCC2)cc1. The van der Waals surface area contributed by atoms with Crippen molar-refractivity contribution in [1.82, 2.24) is 5.32 Å². The number of carbonyl (C=O) groups excluding carboxylic acids is 1. The van der Waals surface area contributed by atoms with Gasteiger partial charge in [-0.2, -0.15) is 0 Å². The van der Waals surface area contributed by atoms with Crippen molar-refractivity contribution in [2.24, 2.45) is 5.92 Å². The molecule has 1 N–H and O–H groups in total. The molecular formula is C19H30N2O. The number of piperidine rings is 1. The van der Waals surface area contributed by atoms with Crippen LogP contribution in [0.15, 0.2) is 24.3 Å². The molecule has 3 nitrogen and oxygen atoms in total. The fraction of sp³-hybridized carbons (Fsp3) is 0.632. The van der Waals surface area contributed by atoms with Crippen LogP contribution in [0.2, 0.25) is 0 Å². The van der Waals surface area contributed by atoms with Gasteiger partial charge in [0.2, 0.25) is 5.91 Å². The number of rotatable bonds is 7. The van der Waals surface area contributed by atoms with Crippen LogP contribution in [0, 0.1) is 5.92 Å². The summed E-state index contributed by atoms with van der Waals surface area (Å²) in [5, 5.41) is 3.38. The highest BCUT2D eigenvalue weighted by Gasteiger charge is 2.17. The van der Waals surface area contributed by atoms with E-state index < -0.39 is 0 Å². The van der Waals surface area contributed by atoms with Crippen molar-refractivity contribution in [3.8, 4) is 0 Å². The third-order valence-corrected chi connectivity index (χ3v) is 4.74. The van der Waals surface area contributed by atoms with E-state index in [2.05, 4.69) is 36.5 Å². The number of carbonyl (C=O) groups is 1. The predicted octanol–water partition coefficient (Wildman–Crippen LogP) is 3.77. The highest BCUT2D eigenvalue weighted by molar-refractivity contribution is 5.92. The first-order chi connectivity index (χ1) is 10.7. The fourth-order valence-corrected chi connectivity index (χ4v) is 3.08. The lowest BCUT2D eigenvalue weighted by molar-refractivity contribution is -0.118. The lowest BCUT2D eigenvalue weighted by Crippen LogP contribution is -2.30. The van der Waals surface area contributed by atoms with Crippen LogP contribution in [0.3, 0.4) is 0 Å². The minimum absolute atomic E-state index is 0.236. The van der Waals surface area contributed by atoms with Crippen LogP contribution in [0.1, 0.15) is 51.0 Å². The Morgan fingerprint density at radius 3 is 2.55 bits per heavy atom. The average Bonchev–Trinajstić information content (AvgIpc) is 2.58. The van der Waals surface area contributed by atoms with Crippen LogP contribution in [0.5, 0.6) is 0 Å². The first-order valence-corrected chi connectivity index (χ1v) is 8.77. The first kappa shape index (κ1) is 17.0. The number of hydrogen-bond donors (Lipinski definition) is 1. The van der Waals surface area contributed by atoms with E-state index >= 15 is 0 Å². The smallest absolute Gasteiger partial charge is 0.226 e. The Balaban J connectivity index is 1.81. The lowest BCUT2D eigenvalue weighted by Gasteiger charge is -2.23. The van der Waals surface area contributed by atoms with E-state index in [0.29, 0.717) is 6.42 Å². The van der Waals surface area contributed by atoms with Crippen LogP contribution >= 0.6 is 0 Å². The van der Waals surface area contributed by atoms with Gasteiger partial charge in [-0.25, -0.2) is 0 Å². The summed E-state index contributed by atoms with van der Waals surface area (Å²) < 4.78 is 0. The van der Waals surface area contributed by atoms with E-state index in [1.165, 1.54) is 31.2 Å². The van der Waals surface area contributed by atoms with Crippen molar-refractivity contribution in [1.29, 1.82) is 0 Å². The Morgan fingerprint density at radius 1 is 1.23 bits per heavy atom. The summed E-state index contributed by atoms with van der Waals surface area (Å²) in [6, 6.07) is 8.46. The van der Waals surface area contributed by atoms with E-state index in [1.54, 1.807) is 0 Å². The molecule has 1 heterocycles. The largest absolute Gasteiger partial charge is 0.317 e. The van der Waals surface area contributed by atoms with Gasteiger partial charge in [-0.3, -0.25) is 4.79 Å². The molecule has 1 aromatic carbocycles. The van der Waals surface area contributed by atoms with E-state index in [1.807, 2.05) is 11.9 Å². The summed E-state index contributed by atoms with van der Waals surface area (Å²) >= 11 is 0. The van der Waals surface area contributed by atoms with E-state index in [9.17, 15) is 4.79 Å². The molecule has 0 bridgehead atoms.